The summed E-state index contributed by atoms with van der Waals surface area (Å²) in [5, 5.41) is 6.90. The molecule has 2 heterocycles. The molecule has 0 spiro atoms. The van der Waals surface area contributed by atoms with Gasteiger partial charge in [0.05, 0.1) is 4.88 Å². The van der Waals surface area contributed by atoms with Gasteiger partial charge >= 0.3 is 0 Å². The van der Waals surface area contributed by atoms with Crippen LogP contribution in [0.1, 0.15) is 39.3 Å². The van der Waals surface area contributed by atoms with E-state index in [1.165, 1.54) is 11.3 Å². The molecule has 5 nitrogen and oxygen atoms in total. The Balaban J connectivity index is 1.52. The molecule has 0 atom stereocenters. The van der Waals surface area contributed by atoms with Crippen molar-refractivity contribution in [1.29, 1.82) is 0 Å². The number of aromatic nitrogens is 1. The predicted octanol–water partition coefficient (Wildman–Crippen LogP) is 4.82. The van der Waals surface area contributed by atoms with Gasteiger partial charge in [0.25, 0.3) is 5.91 Å². The van der Waals surface area contributed by atoms with Crippen LogP contribution in [0.4, 0.5) is 11.4 Å². The first-order valence-corrected chi connectivity index (χ1v) is 9.83. The zero-order valence-electron chi connectivity index (χ0n) is 15.6. The van der Waals surface area contributed by atoms with E-state index >= 15 is 0 Å². The summed E-state index contributed by atoms with van der Waals surface area (Å²) in [6, 6.07) is 9.26. The third kappa shape index (κ3) is 3.57. The number of rotatable bonds is 4. The number of hydrogen-bond acceptors (Lipinski definition) is 4. The monoisotopic (exact) mass is 379 g/mol. The highest BCUT2D eigenvalue weighted by Crippen LogP contribution is 2.33. The molecule has 1 fully saturated rings. The van der Waals surface area contributed by atoms with E-state index in [9.17, 15) is 9.59 Å². The minimum absolute atomic E-state index is 0.0749. The lowest BCUT2D eigenvalue weighted by Gasteiger charge is -2.07. The number of carbonyl (C=O) groups excluding carboxylic acids is 2. The molecule has 0 radical (unpaired) electrons. The summed E-state index contributed by atoms with van der Waals surface area (Å²) < 4.78 is 0. The number of anilines is 2. The van der Waals surface area contributed by atoms with Crippen LogP contribution in [0.2, 0.25) is 0 Å². The third-order valence-electron chi connectivity index (χ3n) is 4.79. The first kappa shape index (κ1) is 17.7. The number of aryl methyl sites for hydroxylation is 3. The predicted molar refractivity (Wildman–Crippen MR) is 110 cm³/mol. The van der Waals surface area contributed by atoms with E-state index in [0.29, 0.717) is 10.6 Å². The van der Waals surface area contributed by atoms with E-state index in [1.807, 2.05) is 39.0 Å². The summed E-state index contributed by atoms with van der Waals surface area (Å²) in [7, 11) is 0. The number of carbonyl (C=O) groups is 2. The fraction of sp³-hybridized carbons (Fsp3) is 0.286. The van der Waals surface area contributed by atoms with Gasteiger partial charge in [0.2, 0.25) is 5.91 Å². The molecule has 2 N–H and O–H groups in total. The Kier molecular flexibility index (Phi) is 4.44. The van der Waals surface area contributed by atoms with E-state index in [4.69, 9.17) is 0 Å². The van der Waals surface area contributed by atoms with Crippen LogP contribution < -0.4 is 10.6 Å². The average molecular weight is 379 g/mol. The largest absolute Gasteiger partial charge is 0.326 e. The molecule has 2 aromatic heterocycles. The molecule has 3 aromatic rings. The summed E-state index contributed by atoms with van der Waals surface area (Å²) in [5.41, 5.74) is 4.50. The van der Waals surface area contributed by atoms with Crippen molar-refractivity contribution in [2.45, 2.75) is 33.6 Å². The van der Waals surface area contributed by atoms with Crippen LogP contribution in [0.15, 0.2) is 30.3 Å². The maximum absolute atomic E-state index is 12.8. The Morgan fingerprint density at radius 2 is 1.67 bits per heavy atom. The van der Waals surface area contributed by atoms with Gasteiger partial charge in [0.1, 0.15) is 4.83 Å². The number of amides is 2. The molecule has 1 aliphatic rings. The lowest BCUT2D eigenvalue weighted by atomic mass is 10.1. The first-order valence-electron chi connectivity index (χ1n) is 9.02. The second-order valence-corrected chi connectivity index (χ2v) is 8.11. The van der Waals surface area contributed by atoms with Gasteiger partial charge in [-0.2, -0.15) is 0 Å². The molecule has 2 amide bonds. The number of nitrogens with zero attached hydrogens (tertiary/aromatic N) is 1. The highest BCUT2D eigenvalue weighted by atomic mass is 32.1. The highest BCUT2D eigenvalue weighted by Gasteiger charge is 2.29. The Bertz CT molecular complexity index is 1050. The van der Waals surface area contributed by atoms with Crippen LogP contribution in [0.5, 0.6) is 0 Å². The van der Waals surface area contributed by atoms with Gasteiger partial charge in [-0.15, -0.1) is 11.3 Å². The molecular formula is C21H21N3O2S. The quantitative estimate of drug-likeness (QED) is 0.682. The molecule has 4 rings (SSSR count). The van der Waals surface area contributed by atoms with E-state index in [1.54, 1.807) is 12.1 Å². The summed E-state index contributed by atoms with van der Waals surface area (Å²) >= 11 is 1.42. The molecule has 6 heteroatoms. The van der Waals surface area contributed by atoms with Crippen molar-refractivity contribution in [1.82, 2.24) is 4.98 Å². The molecule has 1 aliphatic carbocycles. The van der Waals surface area contributed by atoms with Crippen LogP contribution in [0.25, 0.3) is 10.2 Å². The molecule has 138 valence electrons. The van der Waals surface area contributed by atoms with Crippen molar-refractivity contribution in [3.63, 3.8) is 0 Å². The third-order valence-corrected chi connectivity index (χ3v) is 5.97. The van der Waals surface area contributed by atoms with Crippen molar-refractivity contribution in [2.75, 3.05) is 10.6 Å². The van der Waals surface area contributed by atoms with Gasteiger partial charge in [-0.1, -0.05) is 0 Å². The molecular weight excluding hydrogens is 358 g/mol. The summed E-state index contributed by atoms with van der Waals surface area (Å²) in [6.45, 7) is 5.98. The van der Waals surface area contributed by atoms with Crippen LogP contribution in [0.3, 0.4) is 0 Å². The van der Waals surface area contributed by atoms with E-state index in [0.717, 1.165) is 45.6 Å². The van der Waals surface area contributed by atoms with Crippen LogP contribution in [-0.4, -0.2) is 16.8 Å². The van der Waals surface area contributed by atoms with Crippen molar-refractivity contribution < 1.29 is 9.59 Å². The molecule has 0 unspecified atom stereocenters. The molecule has 0 aliphatic heterocycles. The fourth-order valence-electron chi connectivity index (χ4n) is 3.25. The SMILES string of the molecule is Cc1cc(C)c2c(C)c(C(=O)Nc3ccc(NC(=O)C4CC4)cc3)sc2n1. The lowest BCUT2D eigenvalue weighted by Crippen LogP contribution is -2.14. The minimum atomic E-state index is -0.137. The second-order valence-electron chi connectivity index (χ2n) is 7.11. The maximum atomic E-state index is 12.8. The summed E-state index contributed by atoms with van der Waals surface area (Å²) in [4.78, 5) is 30.7. The van der Waals surface area contributed by atoms with Gasteiger partial charge in [-0.3, -0.25) is 9.59 Å². The van der Waals surface area contributed by atoms with Gasteiger partial charge in [0.15, 0.2) is 0 Å². The Hall–Kier alpha value is -2.73. The number of benzene rings is 1. The molecule has 0 bridgehead atoms. The van der Waals surface area contributed by atoms with E-state index in [2.05, 4.69) is 15.6 Å². The Labute approximate surface area is 161 Å². The lowest BCUT2D eigenvalue weighted by molar-refractivity contribution is -0.117. The first-order chi connectivity index (χ1) is 12.9. The second kappa shape index (κ2) is 6.78. The van der Waals surface area contributed by atoms with Crippen LogP contribution in [0, 0.1) is 26.7 Å². The zero-order valence-corrected chi connectivity index (χ0v) is 16.4. The molecule has 1 aromatic carbocycles. The number of nitrogens with one attached hydrogen (secondary N) is 2. The molecule has 0 saturated heterocycles. The van der Waals surface area contributed by atoms with Gasteiger partial charge in [-0.25, -0.2) is 4.98 Å². The summed E-state index contributed by atoms with van der Waals surface area (Å²) in [6.07, 6.45) is 1.95. The van der Waals surface area contributed by atoms with Crippen molar-refractivity contribution in [2.24, 2.45) is 5.92 Å². The summed E-state index contributed by atoms with van der Waals surface area (Å²) in [5.74, 6) is 0.106. The number of hydrogen-bond donors (Lipinski definition) is 2. The van der Waals surface area contributed by atoms with Crippen molar-refractivity contribution >= 4 is 44.7 Å². The molecule has 1 saturated carbocycles. The average Bonchev–Trinajstić information content (AvgIpc) is 3.41. The zero-order chi connectivity index (χ0) is 19.1. The standard InChI is InChI=1S/C21H21N3O2S/c1-11-10-12(2)22-21-17(11)13(3)18(27-21)20(26)24-16-8-6-15(7-9-16)23-19(25)14-4-5-14/h6-10,14H,4-5H2,1-3H3,(H,23,25)(H,24,26). The maximum Gasteiger partial charge on any atom is 0.266 e. The topological polar surface area (TPSA) is 71.1 Å². The fourth-order valence-corrected chi connectivity index (χ4v) is 4.45. The van der Waals surface area contributed by atoms with Gasteiger partial charge in [0, 0.05) is 28.4 Å². The number of thiophene rings is 1. The van der Waals surface area contributed by atoms with Crippen LogP contribution in [-0.2, 0) is 4.79 Å². The number of fused-ring (bicyclic) bond motifs is 1. The molecule has 27 heavy (non-hydrogen) atoms. The van der Waals surface area contributed by atoms with Crippen LogP contribution >= 0.6 is 11.3 Å². The minimum Gasteiger partial charge on any atom is -0.326 e. The number of pyridine rings is 1. The van der Waals surface area contributed by atoms with Gasteiger partial charge < -0.3 is 10.6 Å². The van der Waals surface area contributed by atoms with Gasteiger partial charge in [-0.05, 0) is 75.1 Å². The Morgan fingerprint density at radius 1 is 1.04 bits per heavy atom. The van der Waals surface area contributed by atoms with Crippen molar-refractivity contribution in [3.8, 4) is 0 Å². The normalized spacial score (nSPS) is 13.6. The Morgan fingerprint density at radius 3 is 2.30 bits per heavy atom. The van der Waals surface area contributed by atoms with E-state index < -0.39 is 0 Å². The van der Waals surface area contributed by atoms with E-state index in [-0.39, 0.29) is 17.7 Å². The smallest absolute Gasteiger partial charge is 0.266 e. The van der Waals surface area contributed by atoms with Crippen molar-refractivity contribution in [3.05, 3.63) is 52.0 Å². The highest BCUT2D eigenvalue weighted by molar-refractivity contribution is 7.20.